The highest BCUT2D eigenvalue weighted by Crippen LogP contribution is 2.35. The van der Waals surface area contributed by atoms with Gasteiger partial charge in [0, 0.05) is 30.9 Å². The van der Waals surface area contributed by atoms with Crippen LogP contribution in [0.5, 0.6) is 5.75 Å². The molecule has 1 aliphatic heterocycles. The van der Waals surface area contributed by atoms with Gasteiger partial charge in [0.1, 0.15) is 17.9 Å². The number of piperidine rings is 1. The Hall–Kier alpha value is -3.05. The van der Waals surface area contributed by atoms with Crippen LogP contribution in [0.15, 0.2) is 53.7 Å². The highest BCUT2D eigenvalue weighted by Gasteiger charge is 2.31. The Morgan fingerprint density at radius 2 is 1.88 bits per heavy atom. The molecule has 3 aromatic rings. The van der Waals surface area contributed by atoms with Gasteiger partial charge in [0.05, 0.1) is 4.90 Å². The molecule has 0 saturated carbocycles. The number of halogens is 2. The van der Waals surface area contributed by atoms with Crippen LogP contribution in [0, 0.1) is 0 Å². The van der Waals surface area contributed by atoms with Crippen molar-refractivity contribution in [2.24, 2.45) is 0 Å². The highest BCUT2D eigenvalue weighted by molar-refractivity contribution is 7.89. The summed E-state index contributed by atoms with van der Waals surface area (Å²) in [7, 11) is -3.77. The Morgan fingerprint density at radius 3 is 2.50 bits per heavy atom. The van der Waals surface area contributed by atoms with E-state index in [4.69, 9.17) is 0 Å². The van der Waals surface area contributed by atoms with Crippen LogP contribution in [0.3, 0.4) is 0 Å². The molecule has 0 spiro atoms. The van der Waals surface area contributed by atoms with E-state index >= 15 is 0 Å². The molecule has 0 bridgehead atoms. The van der Waals surface area contributed by atoms with Crippen LogP contribution in [0.4, 0.5) is 8.78 Å². The molecule has 1 saturated heterocycles. The van der Waals surface area contributed by atoms with Crippen LogP contribution in [0.25, 0.3) is 11.0 Å². The lowest BCUT2D eigenvalue weighted by atomic mass is 9.90. The van der Waals surface area contributed by atoms with Crippen LogP contribution in [-0.4, -0.2) is 53.1 Å². The first-order valence-corrected chi connectivity index (χ1v) is 11.4. The number of hydrogen-bond acceptors (Lipinski definition) is 5. The fraction of sp³-hybridized carbons (Fsp3) is 0.333. The molecule has 170 valence electrons. The summed E-state index contributed by atoms with van der Waals surface area (Å²) in [5, 5.41) is 10.0. The first-order chi connectivity index (χ1) is 15.3. The van der Waals surface area contributed by atoms with Gasteiger partial charge in [-0.3, -0.25) is 4.79 Å². The standard InChI is InChI=1S/C21H21F2N3O5S/c22-21(23)31-15-3-5-16(6-4-15)32(29,30)26-10-7-14(8-11-26)18-12-25(13-19(27)28)20-17(18)2-1-9-24-20/h1-6,9,12,14,21H,7-8,10-11,13H2,(H,27,28). The van der Waals surface area contributed by atoms with Gasteiger partial charge >= 0.3 is 12.6 Å². The molecule has 1 aliphatic rings. The van der Waals surface area contributed by atoms with Crippen LogP contribution in [0.1, 0.15) is 24.3 Å². The summed E-state index contributed by atoms with van der Waals surface area (Å²) in [6.45, 7) is -2.61. The van der Waals surface area contributed by atoms with Gasteiger partial charge in [-0.05, 0) is 60.7 Å². The maximum absolute atomic E-state index is 13.0. The monoisotopic (exact) mass is 465 g/mol. The zero-order valence-corrected chi connectivity index (χ0v) is 17.7. The summed E-state index contributed by atoms with van der Waals surface area (Å²) < 4.78 is 57.8. The number of hydrogen-bond donors (Lipinski definition) is 1. The van der Waals surface area contributed by atoms with Crippen molar-refractivity contribution < 1.29 is 31.8 Å². The predicted octanol–water partition coefficient (Wildman–Crippen LogP) is 3.29. The van der Waals surface area contributed by atoms with Crippen molar-refractivity contribution in [2.45, 2.75) is 36.8 Å². The maximum Gasteiger partial charge on any atom is 0.387 e. The lowest BCUT2D eigenvalue weighted by Crippen LogP contribution is -2.37. The number of sulfonamides is 1. The van der Waals surface area contributed by atoms with E-state index < -0.39 is 22.6 Å². The Labute approximate surface area is 183 Å². The fourth-order valence-corrected chi connectivity index (χ4v) is 5.56. The van der Waals surface area contributed by atoms with Crippen molar-refractivity contribution >= 4 is 27.0 Å². The number of pyridine rings is 1. The topological polar surface area (TPSA) is 102 Å². The SMILES string of the molecule is O=C(O)Cn1cc(C2CCN(S(=O)(=O)c3ccc(OC(F)F)cc3)CC2)c2cccnc21. The molecule has 1 N–H and O–H groups in total. The minimum atomic E-state index is -3.77. The number of carboxylic acids is 1. The third kappa shape index (κ3) is 4.44. The minimum absolute atomic E-state index is 0.0137. The quantitative estimate of drug-likeness (QED) is 0.575. The van der Waals surface area contributed by atoms with Crippen LogP contribution in [-0.2, 0) is 21.4 Å². The van der Waals surface area contributed by atoms with Gasteiger partial charge in [-0.25, -0.2) is 13.4 Å². The minimum Gasteiger partial charge on any atom is -0.480 e. The number of ether oxygens (including phenoxy) is 1. The van der Waals surface area contributed by atoms with Gasteiger partial charge in [-0.1, -0.05) is 0 Å². The highest BCUT2D eigenvalue weighted by atomic mass is 32.2. The lowest BCUT2D eigenvalue weighted by molar-refractivity contribution is -0.137. The maximum atomic E-state index is 13.0. The molecule has 11 heteroatoms. The lowest BCUT2D eigenvalue weighted by Gasteiger charge is -2.31. The number of carbonyl (C=O) groups is 1. The van der Waals surface area contributed by atoms with Crippen molar-refractivity contribution in [3.8, 4) is 5.75 Å². The van der Waals surface area contributed by atoms with Crippen molar-refractivity contribution in [3.63, 3.8) is 0 Å². The van der Waals surface area contributed by atoms with E-state index in [1.54, 1.807) is 23.0 Å². The molecule has 0 radical (unpaired) electrons. The molecule has 4 rings (SSSR count). The van der Waals surface area contributed by atoms with E-state index in [0.29, 0.717) is 18.5 Å². The number of aromatic nitrogens is 2. The number of alkyl halides is 2. The second-order valence-electron chi connectivity index (χ2n) is 7.51. The van der Waals surface area contributed by atoms with Gasteiger partial charge in [0.2, 0.25) is 10.0 Å². The van der Waals surface area contributed by atoms with Crippen molar-refractivity contribution in [2.75, 3.05) is 13.1 Å². The summed E-state index contributed by atoms with van der Waals surface area (Å²) in [4.78, 5) is 15.5. The number of benzene rings is 1. The average Bonchev–Trinajstić information content (AvgIpc) is 3.12. The molecule has 1 aromatic carbocycles. The van der Waals surface area contributed by atoms with E-state index in [0.717, 1.165) is 10.9 Å². The van der Waals surface area contributed by atoms with Gasteiger partial charge < -0.3 is 14.4 Å². The van der Waals surface area contributed by atoms with Crippen molar-refractivity contribution in [3.05, 3.63) is 54.4 Å². The van der Waals surface area contributed by atoms with Gasteiger partial charge in [-0.15, -0.1) is 0 Å². The Balaban J connectivity index is 1.50. The summed E-state index contributed by atoms with van der Waals surface area (Å²) in [5.74, 6) is -1.01. The molecule has 8 nitrogen and oxygen atoms in total. The smallest absolute Gasteiger partial charge is 0.387 e. The molecule has 0 aliphatic carbocycles. The van der Waals surface area contributed by atoms with Gasteiger partial charge in [0.25, 0.3) is 0 Å². The largest absolute Gasteiger partial charge is 0.480 e. The zero-order valence-electron chi connectivity index (χ0n) is 16.9. The van der Waals surface area contributed by atoms with E-state index in [1.807, 2.05) is 6.07 Å². The molecule has 0 atom stereocenters. The summed E-state index contributed by atoms with van der Waals surface area (Å²) in [6, 6.07) is 8.60. The third-order valence-electron chi connectivity index (χ3n) is 5.55. The number of nitrogens with zero attached hydrogens (tertiary/aromatic N) is 3. The van der Waals surface area contributed by atoms with E-state index in [-0.39, 0.29) is 36.2 Å². The molecular formula is C21H21F2N3O5S. The molecule has 32 heavy (non-hydrogen) atoms. The van der Waals surface area contributed by atoms with E-state index in [1.165, 1.54) is 28.6 Å². The Kier molecular flexibility index (Phi) is 6.11. The third-order valence-corrected chi connectivity index (χ3v) is 7.46. The van der Waals surface area contributed by atoms with Crippen molar-refractivity contribution in [1.29, 1.82) is 0 Å². The molecule has 3 heterocycles. The first-order valence-electron chi connectivity index (χ1n) is 9.96. The number of rotatable bonds is 7. The molecular weight excluding hydrogens is 444 g/mol. The van der Waals surface area contributed by atoms with E-state index in [2.05, 4.69) is 9.72 Å². The number of aliphatic carboxylic acids is 1. The van der Waals surface area contributed by atoms with Gasteiger partial charge in [-0.2, -0.15) is 13.1 Å². The van der Waals surface area contributed by atoms with E-state index in [9.17, 15) is 27.1 Å². The van der Waals surface area contributed by atoms with Crippen molar-refractivity contribution in [1.82, 2.24) is 13.9 Å². The second kappa shape index (κ2) is 8.83. The molecule has 2 aromatic heterocycles. The molecule has 1 fully saturated rings. The normalized spacial score (nSPS) is 16.0. The summed E-state index contributed by atoms with van der Waals surface area (Å²) in [5.41, 5.74) is 1.55. The first kappa shape index (κ1) is 22.2. The van der Waals surface area contributed by atoms with Crippen LogP contribution in [0.2, 0.25) is 0 Å². The second-order valence-corrected chi connectivity index (χ2v) is 9.45. The van der Waals surface area contributed by atoms with Crippen LogP contribution < -0.4 is 4.74 Å². The van der Waals surface area contributed by atoms with Crippen LogP contribution >= 0.6 is 0 Å². The molecule has 0 unspecified atom stereocenters. The number of carboxylic acid groups (broad SMARTS) is 1. The Morgan fingerprint density at radius 1 is 1.19 bits per heavy atom. The average molecular weight is 465 g/mol. The number of fused-ring (bicyclic) bond motifs is 1. The zero-order chi connectivity index (χ0) is 22.9. The predicted molar refractivity (Wildman–Crippen MR) is 111 cm³/mol. The summed E-state index contributed by atoms with van der Waals surface area (Å²) >= 11 is 0. The molecule has 0 amide bonds. The van der Waals surface area contributed by atoms with Gasteiger partial charge in [0.15, 0.2) is 0 Å². The fourth-order valence-electron chi connectivity index (χ4n) is 4.09. The Bertz CT molecular complexity index is 1220. The summed E-state index contributed by atoms with van der Waals surface area (Å²) in [6.07, 6.45) is 4.53.